The van der Waals surface area contributed by atoms with Gasteiger partial charge in [0.2, 0.25) is 11.9 Å². The molecule has 0 unspecified atom stereocenters. The number of nitrogens with one attached hydrogen (secondary N) is 5. The van der Waals surface area contributed by atoms with Crippen LogP contribution < -0.4 is 52.7 Å². The van der Waals surface area contributed by atoms with Crippen LogP contribution >= 0.6 is 60.7 Å². The zero-order valence-corrected chi connectivity index (χ0v) is 47.7. The number of anilines is 10. The fraction of sp³-hybridized carbons (Fsp3) is 0.377. The Morgan fingerprint density at radius 1 is 0.627 bits per heavy atom. The molecule has 396 valence electrons. The van der Waals surface area contributed by atoms with E-state index in [0.717, 1.165) is 85.2 Å². The topological polar surface area (TPSA) is 205 Å². The fourth-order valence-electron chi connectivity index (χ4n) is 10.3. The third-order valence-corrected chi connectivity index (χ3v) is 17.9. The number of carbonyl (C=O) groups excluding carboxylic acids is 1. The first-order valence-electron chi connectivity index (χ1n) is 24.6. The number of aromatic nitrogens is 4. The summed E-state index contributed by atoms with van der Waals surface area (Å²) < 4.78 is 30.8. The molecule has 6 aromatic rings. The molecule has 4 aliphatic rings. The molecule has 4 fully saturated rings. The number of hydrogen-bond acceptors (Lipinski definition) is 15. The summed E-state index contributed by atoms with van der Waals surface area (Å²) in [6.45, 7) is 16.3. The highest BCUT2D eigenvalue weighted by Gasteiger charge is 2.53. The Balaban J connectivity index is 0.000000187. The van der Waals surface area contributed by atoms with E-state index in [1.807, 2.05) is 106 Å². The third kappa shape index (κ3) is 12.9. The van der Waals surface area contributed by atoms with Crippen LogP contribution in [0.1, 0.15) is 46.5 Å². The van der Waals surface area contributed by atoms with Crippen molar-refractivity contribution in [1.82, 2.24) is 25.3 Å². The highest BCUT2D eigenvalue weighted by Crippen LogP contribution is 2.52. The van der Waals surface area contributed by atoms with Crippen molar-refractivity contribution in [3.05, 3.63) is 117 Å². The fourth-order valence-corrected chi connectivity index (χ4v) is 13.5. The summed E-state index contributed by atoms with van der Waals surface area (Å²) in [5.41, 5.74) is 11.0. The Labute approximate surface area is 458 Å². The molecule has 1 amide bonds. The summed E-state index contributed by atoms with van der Waals surface area (Å²) >= 11 is 26.0. The van der Waals surface area contributed by atoms with Crippen LogP contribution in [-0.2, 0) is 13.9 Å². The van der Waals surface area contributed by atoms with Gasteiger partial charge < -0.3 is 56.0 Å². The molecule has 2 aliphatic heterocycles. The lowest BCUT2D eigenvalue weighted by atomic mass is 9.60. The highest BCUT2D eigenvalue weighted by molar-refractivity contribution is 7.70. The van der Waals surface area contributed by atoms with Crippen LogP contribution in [0.3, 0.4) is 0 Å². The zero-order valence-electron chi connectivity index (χ0n) is 42.8. The van der Waals surface area contributed by atoms with Gasteiger partial charge in [-0.05, 0) is 134 Å². The molecule has 2 saturated heterocycles. The zero-order chi connectivity index (χ0) is 53.7. The molecule has 16 nitrogen and oxygen atoms in total. The molecule has 2 saturated carbocycles. The number of carbonyl (C=O) groups is 1. The minimum absolute atomic E-state index is 0.148. The summed E-state index contributed by atoms with van der Waals surface area (Å²) in [5, 5.41) is 19.2. The second kappa shape index (κ2) is 21.3. The number of rotatable bonds is 13. The molecule has 2 aromatic heterocycles. The smallest absolute Gasteiger partial charge is 0.407 e. The number of halogens is 4. The molecule has 0 radical (unpaired) electrons. The van der Waals surface area contributed by atoms with E-state index in [4.69, 9.17) is 56.9 Å². The third-order valence-electron chi connectivity index (χ3n) is 13.6. The SMILES string of the molecule is CC(C)(C)OC(=O)NC1CC2(C1)CN(c1ccc(Nc3ncc(Cl)c(Nc4ccccc4P(C)(C)=O)n3)cc1Cl)C2.CP(C)(=O)c1ccccc1Nc1nc(Nc2ccc(N3CC4(CC(N)C4)C3)c(Cl)c2)ncc1Cl. The van der Waals surface area contributed by atoms with Crippen molar-refractivity contribution < 1.29 is 18.7 Å². The number of ether oxygens (including phenoxy) is 1. The number of nitrogens with zero attached hydrogens (tertiary/aromatic N) is 6. The second-order valence-corrected chi connectivity index (χ2v) is 30.0. The molecule has 2 spiro atoms. The van der Waals surface area contributed by atoms with Crippen LogP contribution in [-0.4, -0.2) is 96.6 Å². The standard InChI is InChI=1S/C29H35Cl2N6O3P.C24H27Cl2N6OP/c1-28(2,3)40-27(38)34-19-13-29(14-19)16-37(17-29)23-11-10-18(12-20(23)30)33-26-32-15-21(31)25(36-26)35-22-8-6-7-9-24(22)41(4,5)39;1-34(2,33)21-6-4-3-5-19(21)30-22-18(26)12-28-23(31-22)29-16-7-8-20(17(25)9-16)32-13-24(14-32)10-15(27)11-24/h6-12,15,19H,13-14,16-17H2,1-5H3,(H,34,38)(H2,32,33,35,36);3-9,12,15H,10-11,13-14,27H2,1-2H3,(H2,28,29,30,31). The molecule has 22 heteroatoms. The molecule has 75 heavy (non-hydrogen) atoms. The summed E-state index contributed by atoms with van der Waals surface area (Å²) in [7, 11) is -5.01. The van der Waals surface area contributed by atoms with Gasteiger partial charge in [-0.3, -0.25) is 0 Å². The van der Waals surface area contributed by atoms with Gasteiger partial charge in [-0.15, -0.1) is 0 Å². The molecule has 2 aliphatic carbocycles. The molecule has 4 aromatic carbocycles. The molecule has 7 N–H and O–H groups in total. The lowest BCUT2D eigenvalue weighted by Gasteiger charge is -2.60. The first kappa shape index (κ1) is 54.5. The molecule has 10 rings (SSSR count). The predicted molar refractivity (Wildman–Crippen MR) is 310 cm³/mol. The van der Waals surface area contributed by atoms with E-state index in [9.17, 15) is 13.9 Å². The van der Waals surface area contributed by atoms with Crippen LogP contribution in [0.5, 0.6) is 0 Å². The quantitative estimate of drug-likeness (QED) is 0.0595. The lowest BCUT2D eigenvalue weighted by molar-refractivity contribution is 0.0215. The highest BCUT2D eigenvalue weighted by atomic mass is 35.5. The first-order chi connectivity index (χ1) is 35.3. The summed E-state index contributed by atoms with van der Waals surface area (Å²) in [4.78, 5) is 34.3. The van der Waals surface area contributed by atoms with E-state index in [-0.39, 0.29) is 17.6 Å². The van der Waals surface area contributed by atoms with Crippen LogP contribution in [0.25, 0.3) is 0 Å². The van der Waals surface area contributed by atoms with Gasteiger partial charge >= 0.3 is 6.09 Å². The number of alkyl carbamates (subject to hydrolysis) is 1. The van der Waals surface area contributed by atoms with E-state index >= 15 is 0 Å². The number of benzene rings is 4. The Hall–Kier alpha value is -5.31. The average Bonchev–Trinajstić information content (AvgIpc) is 3.27. The first-order valence-corrected chi connectivity index (χ1v) is 31.3. The number of para-hydroxylation sites is 2. The predicted octanol–water partition coefficient (Wildman–Crippen LogP) is 12.5. The van der Waals surface area contributed by atoms with E-state index in [2.05, 4.69) is 56.3 Å². The Kier molecular flexibility index (Phi) is 15.4. The normalized spacial score (nSPS) is 16.9. The average molecular weight is 1130 g/mol. The van der Waals surface area contributed by atoms with Gasteiger partial charge in [0, 0.05) is 71.1 Å². The maximum atomic E-state index is 12.7. The molecular formula is C53H62Cl4N12O4P2. The number of nitrogens with two attached hydrogens (primary N) is 1. The van der Waals surface area contributed by atoms with Crippen molar-refractivity contribution in [3.63, 3.8) is 0 Å². The minimum atomic E-state index is -2.52. The van der Waals surface area contributed by atoms with Gasteiger partial charge in [0.1, 0.15) is 29.9 Å². The van der Waals surface area contributed by atoms with Gasteiger partial charge in [-0.1, -0.05) is 70.7 Å². The Morgan fingerprint density at radius 2 is 1.04 bits per heavy atom. The van der Waals surface area contributed by atoms with Crippen molar-refractivity contribution in [2.24, 2.45) is 16.6 Å². The van der Waals surface area contributed by atoms with Crippen molar-refractivity contribution in [2.45, 2.75) is 64.1 Å². The number of amides is 1. The van der Waals surface area contributed by atoms with Crippen molar-refractivity contribution in [2.75, 3.05) is 83.9 Å². The largest absolute Gasteiger partial charge is 0.444 e. The second-order valence-electron chi connectivity index (χ2n) is 22.0. The van der Waals surface area contributed by atoms with Crippen LogP contribution in [0, 0.1) is 10.8 Å². The van der Waals surface area contributed by atoms with Crippen LogP contribution in [0.4, 0.5) is 62.5 Å². The molecule has 0 bridgehead atoms. The van der Waals surface area contributed by atoms with Crippen molar-refractivity contribution in [1.29, 1.82) is 0 Å². The Morgan fingerprint density at radius 3 is 1.43 bits per heavy atom. The minimum Gasteiger partial charge on any atom is -0.444 e. The van der Waals surface area contributed by atoms with E-state index in [0.29, 0.717) is 66.5 Å². The van der Waals surface area contributed by atoms with E-state index in [1.54, 1.807) is 26.7 Å². The lowest BCUT2D eigenvalue weighted by Crippen LogP contribution is -2.66. The molecule has 0 atom stereocenters. The van der Waals surface area contributed by atoms with Gasteiger partial charge in [0.25, 0.3) is 0 Å². The molecule has 4 heterocycles. The van der Waals surface area contributed by atoms with E-state index in [1.165, 1.54) is 12.4 Å². The van der Waals surface area contributed by atoms with Gasteiger partial charge in [0.05, 0.1) is 45.2 Å². The Bertz CT molecular complexity index is 3220. The summed E-state index contributed by atoms with van der Waals surface area (Å²) in [6.07, 6.45) is 6.75. The number of hydrogen-bond donors (Lipinski definition) is 6. The maximum absolute atomic E-state index is 12.7. The van der Waals surface area contributed by atoms with Gasteiger partial charge in [-0.25, -0.2) is 14.8 Å². The maximum Gasteiger partial charge on any atom is 0.407 e. The van der Waals surface area contributed by atoms with Crippen LogP contribution in [0.15, 0.2) is 97.3 Å². The van der Waals surface area contributed by atoms with Gasteiger partial charge in [-0.2, -0.15) is 9.97 Å². The monoisotopic (exact) mass is 1130 g/mol. The van der Waals surface area contributed by atoms with E-state index < -0.39 is 19.9 Å². The van der Waals surface area contributed by atoms with Crippen molar-refractivity contribution >= 4 is 135 Å². The van der Waals surface area contributed by atoms with Crippen molar-refractivity contribution in [3.8, 4) is 0 Å². The van der Waals surface area contributed by atoms with Crippen LogP contribution in [0.2, 0.25) is 20.1 Å². The summed E-state index contributed by atoms with van der Waals surface area (Å²) in [5.74, 6) is 1.54. The summed E-state index contributed by atoms with van der Waals surface area (Å²) in [6, 6.07) is 27.0. The van der Waals surface area contributed by atoms with Gasteiger partial charge in [0.15, 0.2) is 11.6 Å². The molecular weight excluding hydrogens is 1070 g/mol.